The summed E-state index contributed by atoms with van der Waals surface area (Å²) in [7, 11) is 0. The van der Waals surface area contributed by atoms with E-state index in [0.29, 0.717) is 18.0 Å². The quantitative estimate of drug-likeness (QED) is 0.647. The Morgan fingerprint density at radius 2 is 2.18 bits per heavy atom. The van der Waals surface area contributed by atoms with Gasteiger partial charge in [-0.1, -0.05) is 6.07 Å². The lowest BCUT2D eigenvalue weighted by molar-refractivity contribution is -0.389. The van der Waals surface area contributed by atoms with E-state index in [1.165, 1.54) is 16.9 Å². The molecule has 0 saturated carbocycles. The van der Waals surface area contributed by atoms with E-state index in [1.54, 1.807) is 12.1 Å². The number of hydrogen-bond donors (Lipinski definition) is 1. The smallest absolute Gasteiger partial charge is 0.389 e. The molecule has 1 amide bonds. The van der Waals surface area contributed by atoms with Gasteiger partial charge < -0.3 is 24.9 Å². The van der Waals surface area contributed by atoms with Crippen molar-refractivity contribution in [2.45, 2.75) is 13.1 Å². The number of benzene rings is 1. The fraction of sp³-hybridized carbons (Fsp3) is 0.231. The third-order valence-corrected chi connectivity index (χ3v) is 3.05. The average molecular weight is 304 g/mol. The highest BCUT2D eigenvalue weighted by atomic mass is 16.7. The molecule has 0 fully saturated rings. The van der Waals surface area contributed by atoms with Crippen molar-refractivity contribution < 1.29 is 19.2 Å². The third-order valence-electron chi connectivity index (χ3n) is 3.05. The van der Waals surface area contributed by atoms with Gasteiger partial charge in [-0.2, -0.15) is 4.68 Å². The summed E-state index contributed by atoms with van der Waals surface area (Å²) in [6, 6.07) is 6.64. The molecule has 1 aromatic heterocycles. The molecule has 2 heterocycles. The minimum atomic E-state index is -0.610. The van der Waals surface area contributed by atoms with Gasteiger partial charge >= 0.3 is 5.82 Å². The zero-order valence-corrected chi connectivity index (χ0v) is 11.4. The van der Waals surface area contributed by atoms with Gasteiger partial charge in [-0.05, 0) is 22.6 Å². The summed E-state index contributed by atoms with van der Waals surface area (Å²) in [5.74, 6) is 0.743. The Kier molecular flexibility index (Phi) is 3.60. The highest BCUT2D eigenvalue weighted by molar-refractivity contribution is 5.75. The second-order valence-electron chi connectivity index (χ2n) is 4.59. The fourth-order valence-electron chi connectivity index (χ4n) is 1.99. The van der Waals surface area contributed by atoms with Crippen LogP contribution in [0.5, 0.6) is 11.5 Å². The zero-order valence-electron chi connectivity index (χ0n) is 11.4. The molecule has 0 aliphatic carbocycles. The Morgan fingerprint density at radius 3 is 2.95 bits per heavy atom. The van der Waals surface area contributed by atoms with Crippen LogP contribution in [0.2, 0.25) is 0 Å². The molecule has 0 saturated heterocycles. The number of aromatic nitrogens is 2. The molecular weight excluding hydrogens is 292 g/mol. The van der Waals surface area contributed by atoms with Crippen molar-refractivity contribution in [3.8, 4) is 11.5 Å². The van der Waals surface area contributed by atoms with E-state index < -0.39 is 4.92 Å². The molecule has 1 aromatic carbocycles. The molecular formula is C13H12N4O5. The van der Waals surface area contributed by atoms with Crippen molar-refractivity contribution in [1.29, 1.82) is 0 Å². The highest BCUT2D eigenvalue weighted by Crippen LogP contribution is 2.32. The van der Waals surface area contributed by atoms with E-state index in [2.05, 4.69) is 10.4 Å². The van der Waals surface area contributed by atoms with Gasteiger partial charge in [0.15, 0.2) is 11.5 Å². The van der Waals surface area contributed by atoms with E-state index in [4.69, 9.17) is 9.47 Å². The second-order valence-corrected chi connectivity index (χ2v) is 4.59. The molecule has 9 nitrogen and oxygen atoms in total. The SMILES string of the molecule is O=C(Cn1ccc([N+](=O)[O-])n1)NCc1ccc2c(c1)OCO2. The van der Waals surface area contributed by atoms with Crippen molar-refractivity contribution in [2.24, 2.45) is 0 Å². The summed E-state index contributed by atoms with van der Waals surface area (Å²) in [5, 5.41) is 16.9. The third kappa shape index (κ3) is 2.97. The molecule has 1 N–H and O–H groups in total. The number of hydrogen-bond acceptors (Lipinski definition) is 6. The molecule has 0 radical (unpaired) electrons. The van der Waals surface area contributed by atoms with Crippen LogP contribution in [0.1, 0.15) is 5.56 Å². The molecule has 0 bridgehead atoms. The van der Waals surface area contributed by atoms with Crippen LogP contribution in [-0.4, -0.2) is 27.4 Å². The van der Waals surface area contributed by atoms with Crippen LogP contribution in [0.3, 0.4) is 0 Å². The van der Waals surface area contributed by atoms with Gasteiger partial charge in [0.25, 0.3) is 0 Å². The lowest BCUT2D eigenvalue weighted by Crippen LogP contribution is -2.27. The number of carbonyl (C=O) groups is 1. The summed E-state index contributed by atoms with van der Waals surface area (Å²) >= 11 is 0. The maximum absolute atomic E-state index is 11.8. The van der Waals surface area contributed by atoms with Crippen LogP contribution in [0, 0.1) is 10.1 Å². The minimum Gasteiger partial charge on any atom is -0.454 e. The molecule has 3 rings (SSSR count). The lowest BCUT2D eigenvalue weighted by atomic mass is 10.2. The molecule has 1 aliphatic heterocycles. The van der Waals surface area contributed by atoms with Crippen molar-refractivity contribution in [2.75, 3.05) is 6.79 Å². The molecule has 1 aliphatic rings. The normalized spacial score (nSPS) is 12.2. The van der Waals surface area contributed by atoms with Crippen LogP contribution in [-0.2, 0) is 17.9 Å². The van der Waals surface area contributed by atoms with E-state index in [-0.39, 0.29) is 25.1 Å². The first-order valence-corrected chi connectivity index (χ1v) is 6.45. The van der Waals surface area contributed by atoms with Crippen molar-refractivity contribution in [3.63, 3.8) is 0 Å². The number of fused-ring (bicyclic) bond motifs is 1. The van der Waals surface area contributed by atoms with Crippen molar-refractivity contribution in [3.05, 3.63) is 46.1 Å². The standard InChI is InChI=1S/C13H12N4O5/c18-13(7-16-4-3-12(15-16)17(19)20)14-6-9-1-2-10-11(5-9)22-8-21-10/h1-5H,6-8H2,(H,14,18). The predicted octanol–water partition coefficient (Wildman–Crippen LogP) is 0.836. The van der Waals surface area contributed by atoms with Crippen molar-refractivity contribution >= 4 is 11.7 Å². The maximum atomic E-state index is 11.8. The number of nitrogens with zero attached hydrogens (tertiary/aromatic N) is 3. The largest absolute Gasteiger partial charge is 0.454 e. The summed E-state index contributed by atoms with van der Waals surface area (Å²) in [6.45, 7) is 0.431. The minimum absolute atomic E-state index is 0.0849. The average Bonchev–Trinajstić information content (AvgIpc) is 3.13. The van der Waals surface area contributed by atoms with E-state index in [1.807, 2.05) is 6.07 Å². The number of amides is 1. The molecule has 2 aromatic rings. The van der Waals surface area contributed by atoms with E-state index >= 15 is 0 Å². The summed E-state index contributed by atoms with van der Waals surface area (Å²) in [6.07, 6.45) is 1.39. The van der Waals surface area contributed by atoms with Crippen LogP contribution >= 0.6 is 0 Å². The maximum Gasteiger partial charge on any atom is 0.389 e. The van der Waals surface area contributed by atoms with E-state index in [0.717, 1.165) is 5.56 Å². The number of nitrogens with one attached hydrogen (secondary N) is 1. The molecule has 0 atom stereocenters. The van der Waals surface area contributed by atoms with E-state index in [9.17, 15) is 14.9 Å². The number of ether oxygens (including phenoxy) is 2. The number of rotatable bonds is 5. The second kappa shape index (κ2) is 5.72. The Balaban J connectivity index is 1.54. The first kappa shape index (κ1) is 13.9. The Bertz CT molecular complexity index is 727. The summed E-state index contributed by atoms with van der Waals surface area (Å²) in [4.78, 5) is 21.7. The monoisotopic (exact) mass is 304 g/mol. The molecule has 114 valence electrons. The topological polar surface area (TPSA) is 109 Å². The zero-order chi connectivity index (χ0) is 15.5. The molecule has 9 heteroatoms. The Morgan fingerprint density at radius 1 is 1.36 bits per heavy atom. The fourth-order valence-corrected chi connectivity index (χ4v) is 1.99. The molecule has 0 spiro atoms. The van der Waals surface area contributed by atoms with Gasteiger partial charge in [-0.15, -0.1) is 0 Å². The Labute approximate surface area is 124 Å². The van der Waals surface area contributed by atoms with Crippen LogP contribution in [0.4, 0.5) is 5.82 Å². The number of carbonyl (C=O) groups excluding carboxylic acids is 1. The van der Waals surface area contributed by atoms with Gasteiger partial charge in [-0.3, -0.25) is 4.79 Å². The number of nitro groups is 1. The van der Waals surface area contributed by atoms with Gasteiger partial charge in [0, 0.05) is 6.54 Å². The van der Waals surface area contributed by atoms with Gasteiger partial charge in [0.1, 0.15) is 6.54 Å². The van der Waals surface area contributed by atoms with Crippen LogP contribution < -0.4 is 14.8 Å². The molecule has 0 unspecified atom stereocenters. The van der Waals surface area contributed by atoms with Gasteiger partial charge in [-0.25, -0.2) is 0 Å². The van der Waals surface area contributed by atoms with Crippen molar-refractivity contribution in [1.82, 2.24) is 15.1 Å². The first-order chi connectivity index (χ1) is 10.6. The summed E-state index contributed by atoms with van der Waals surface area (Å²) < 4.78 is 11.7. The highest BCUT2D eigenvalue weighted by Gasteiger charge is 2.15. The summed E-state index contributed by atoms with van der Waals surface area (Å²) in [5.41, 5.74) is 0.865. The lowest BCUT2D eigenvalue weighted by Gasteiger charge is -2.05. The first-order valence-electron chi connectivity index (χ1n) is 6.45. The Hall–Kier alpha value is -3.10. The van der Waals surface area contributed by atoms with Gasteiger partial charge in [0.2, 0.25) is 12.7 Å². The molecule has 22 heavy (non-hydrogen) atoms. The van der Waals surface area contributed by atoms with Crippen LogP contribution in [0.25, 0.3) is 0 Å². The van der Waals surface area contributed by atoms with Gasteiger partial charge in [0.05, 0.1) is 17.4 Å². The predicted molar refractivity (Wildman–Crippen MR) is 73.3 cm³/mol. The van der Waals surface area contributed by atoms with Crippen LogP contribution in [0.15, 0.2) is 30.5 Å².